The van der Waals surface area contributed by atoms with Gasteiger partial charge in [-0.05, 0) is 50.6 Å². The smallest absolute Gasteiger partial charge is 0.213 e. The minimum absolute atomic E-state index is 0.325. The number of halogens is 1. The maximum atomic E-state index is 14.6. The highest BCUT2D eigenvalue weighted by Gasteiger charge is 2.24. The van der Waals surface area contributed by atoms with Crippen LogP contribution in [0.25, 0.3) is 16.7 Å². The van der Waals surface area contributed by atoms with Crippen molar-refractivity contribution in [1.29, 1.82) is 0 Å². The first-order valence-corrected chi connectivity index (χ1v) is 12.2. The van der Waals surface area contributed by atoms with Gasteiger partial charge in [-0.25, -0.2) is 14.1 Å². The van der Waals surface area contributed by atoms with Gasteiger partial charge in [0.15, 0.2) is 11.5 Å². The molecule has 0 radical (unpaired) electrons. The van der Waals surface area contributed by atoms with Crippen molar-refractivity contribution < 1.29 is 18.6 Å². The number of methoxy groups -OCH3 is 1. The molecule has 6 rings (SSSR count). The summed E-state index contributed by atoms with van der Waals surface area (Å²) in [6.07, 6.45) is 5.80. The predicted molar refractivity (Wildman–Crippen MR) is 131 cm³/mol. The van der Waals surface area contributed by atoms with Gasteiger partial charge in [0.25, 0.3) is 0 Å². The number of pyridine rings is 2. The van der Waals surface area contributed by atoms with E-state index in [0.717, 1.165) is 55.4 Å². The lowest BCUT2D eigenvalue weighted by Gasteiger charge is -2.31. The van der Waals surface area contributed by atoms with Crippen LogP contribution in [0.1, 0.15) is 30.0 Å². The fourth-order valence-electron chi connectivity index (χ4n) is 4.92. The third kappa shape index (κ3) is 4.44. The van der Waals surface area contributed by atoms with E-state index in [9.17, 15) is 4.39 Å². The molecule has 0 saturated carbocycles. The number of ether oxygens (including phenoxy) is 3. The molecule has 1 aromatic carbocycles. The molecule has 5 heterocycles. The summed E-state index contributed by atoms with van der Waals surface area (Å²) in [7, 11) is 1.56. The second kappa shape index (κ2) is 9.69. The molecule has 9 nitrogen and oxygen atoms in total. The zero-order valence-corrected chi connectivity index (χ0v) is 20.1. The zero-order chi connectivity index (χ0) is 24.5. The summed E-state index contributed by atoms with van der Waals surface area (Å²) in [6.45, 7) is 3.71. The Balaban J connectivity index is 1.09. The van der Waals surface area contributed by atoms with E-state index in [1.165, 1.54) is 6.20 Å². The van der Waals surface area contributed by atoms with Gasteiger partial charge in [0.05, 0.1) is 41.9 Å². The number of nitrogens with zero attached hydrogens (tertiary/aromatic N) is 6. The minimum atomic E-state index is -0.325. The number of hydrogen-bond acceptors (Lipinski definition) is 8. The molecule has 10 heteroatoms. The van der Waals surface area contributed by atoms with Crippen molar-refractivity contribution in [1.82, 2.24) is 29.9 Å². The highest BCUT2D eigenvalue weighted by atomic mass is 19.1. The van der Waals surface area contributed by atoms with Crippen LogP contribution < -0.4 is 14.2 Å². The Morgan fingerprint density at radius 3 is 2.75 bits per heavy atom. The fraction of sp³-hybridized carbons (Fsp3) is 0.385. The highest BCUT2D eigenvalue weighted by molar-refractivity contribution is 5.78. The maximum Gasteiger partial charge on any atom is 0.213 e. The van der Waals surface area contributed by atoms with E-state index in [0.29, 0.717) is 48.0 Å². The van der Waals surface area contributed by atoms with Crippen molar-refractivity contribution in [3.63, 3.8) is 0 Å². The summed E-state index contributed by atoms with van der Waals surface area (Å²) in [5, 5.41) is 8.80. The van der Waals surface area contributed by atoms with Crippen LogP contribution >= 0.6 is 0 Å². The molecule has 0 aliphatic carbocycles. The van der Waals surface area contributed by atoms with Gasteiger partial charge in [-0.2, -0.15) is 0 Å². The van der Waals surface area contributed by atoms with E-state index in [-0.39, 0.29) is 5.82 Å². The highest BCUT2D eigenvalue weighted by Crippen LogP contribution is 2.33. The van der Waals surface area contributed by atoms with Crippen LogP contribution in [-0.4, -0.2) is 69.8 Å². The number of rotatable bonds is 6. The fourth-order valence-corrected chi connectivity index (χ4v) is 4.92. The first-order valence-electron chi connectivity index (χ1n) is 12.2. The SMILES string of the molecule is COc1ccc2ncc(F)c(CCN3CCC(c4cn(-c5ccc6c(c5)OCCO6)nn4)CC3)c2n1. The number of fused-ring (bicyclic) bond motifs is 2. The number of likely N-dealkylation sites (tertiary alicyclic amines) is 1. The lowest BCUT2D eigenvalue weighted by atomic mass is 9.94. The van der Waals surface area contributed by atoms with E-state index in [1.54, 1.807) is 17.9 Å². The molecule has 0 bridgehead atoms. The lowest BCUT2D eigenvalue weighted by Crippen LogP contribution is -2.34. The van der Waals surface area contributed by atoms with Gasteiger partial charge in [0.1, 0.15) is 19.0 Å². The second-order valence-electron chi connectivity index (χ2n) is 9.09. The third-order valence-corrected chi connectivity index (χ3v) is 6.93. The Morgan fingerprint density at radius 1 is 1.08 bits per heavy atom. The molecule has 0 spiro atoms. The summed E-state index contributed by atoms with van der Waals surface area (Å²) in [6, 6.07) is 9.35. The van der Waals surface area contributed by atoms with Crippen LogP contribution in [0.15, 0.2) is 42.7 Å². The first-order chi connectivity index (χ1) is 17.7. The molecule has 0 unspecified atom stereocenters. The number of hydrogen-bond donors (Lipinski definition) is 0. The molecule has 36 heavy (non-hydrogen) atoms. The normalized spacial score (nSPS) is 16.4. The predicted octanol–water partition coefficient (Wildman–Crippen LogP) is 3.55. The quantitative estimate of drug-likeness (QED) is 0.406. The monoisotopic (exact) mass is 490 g/mol. The van der Waals surface area contributed by atoms with Crippen molar-refractivity contribution in [2.45, 2.75) is 25.2 Å². The van der Waals surface area contributed by atoms with E-state index in [4.69, 9.17) is 14.2 Å². The number of benzene rings is 1. The molecular weight excluding hydrogens is 463 g/mol. The van der Waals surface area contributed by atoms with Gasteiger partial charge in [0, 0.05) is 30.2 Å². The molecular formula is C26H27FN6O3. The van der Waals surface area contributed by atoms with Crippen molar-refractivity contribution in [2.24, 2.45) is 0 Å². The Morgan fingerprint density at radius 2 is 1.92 bits per heavy atom. The lowest BCUT2D eigenvalue weighted by molar-refractivity contribution is 0.171. The van der Waals surface area contributed by atoms with Crippen LogP contribution in [0.4, 0.5) is 4.39 Å². The van der Waals surface area contributed by atoms with Crippen molar-refractivity contribution in [3.8, 4) is 23.1 Å². The topological polar surface area (TPSA) is 87.4 Å². The van der Waals surface area contributed by atoms with Crippen molar-refractivity contribution in [3.05, 3.63) is 59.8 Å². The summed E-state index contributed by atoms with van der Waals surface area (Å²) in [5.41, 5.74) is 3.72. The van der Waals surface area contributed by atoms with Crippen LogP contribution in [0.3, 0.4) is 0 Å². The molecule has 4 aromatic rings. The molecule has 186 valence electrons. The van der Waals surface area contributed by atoms with E-state index >= 15 is 0 Å². The first kappa shape index (κ1) is 22.7. The standard InChI is InChI=1S/C26H27FN6O3/c1-34-25-5-3-21-26(29-25)19(20(27)15-28-21)8-11-32-9-6-17(7-10-32)22-16-33(31-30-22)18-2-4-23-24(14-18)36-13-12-35-23/h2-5,14-17H,6-13H2,1H3. The molecule has 3 aromatic heterocycles. The molecule has 0 amide bonds. The van der Waals surface area contributed by atoms with Gasteiger partial charge < -0.3 is 19.1 Å². The molecule has 1 saturated heterocycles. The summed E-state index contributed by atoms with van der Waals surface area (Å²) < 4.78 is 32.9. The zero-order valence-electron chi connectivity index (χ0n) is 20.1. The van der Waals surface area contributed by atoms with Crippen molar-refractivity contribution in [2.75, 3.05) is 40.0 Å². The van der Waals surface area contributed by atoms with Crippen LogP contribution in [0, 0.1) is 5.82 Å². The van der Waals surface area contributed by atoms with Gasteiger partial charge in [-0.1, -0.05) is 5.21 Å². The number of aromatic nitrogens is 5. The Labute approximate surface area is 207 Å². The minimum Gasteiger partial charge on any atom is -0.486 e. The van der Waals surface area contributed by atoms with E-state index in [2.05, 4.69) is 25.2 Å². The van der Waals surface area contributed by atoms with Gasteiger partial charge in [-0.3, -0.25) is 4.98 Å². The second-order valence-corrected chi connectivity index (χ2v) is 9.09. The van der Waals surface area contributed by atoms with Gasteiger partial charge >= 0.3 is 0 Å². The largest absolute Gasteiger partial charge is 0.486 e. The molecule has 2 aliphatic heterocycles. The Hall–Kier alpha value is -3.79. The van der Waals surface area contributed by atoms with Crippen molar-refractivity contribution >= 4 is 11.0 Å². The molecule has 0 atom stereocenters. The number of piperidine rings is 1. The van der Waals surface area contributed by atoms with Gasteiger partial charge in [0.2, 0.25) is 5.88 Å². The average Bonchev–Trinajstić information content (AvgIpc) is 3.43. The Bertz CT molecular complexity index is 1390. The third-order valence-electron chi connectivity index (χ3n) is 6.93. The Kier molecular flexibility index (Phi) is 6.10. The molecule has 2 aliphatic rings. The van der Waals surface area contributed by atoms with Crippen LogP contribution in [0.2, 0.25) is 0 Å². The van der Waals surface area contributed by atoms with Gasteiger partial charge in [-0.15, -0.1) is 5.10 Å². The van der Waals surface area contributed by atoms with E-state index < -0.39 is 0 Å². The average molecular weight is 491 g/mol. The van der Waals surface area contributed by atoms with Crippen LogP contribution in [0.5, 0.6) is 17.4 Å². The summed E-state index contributed by atoms with van der Waals surface area (Å²) in [5.74, 6) is 1.97. The molecule has 0 N–H and O–H groups in total. The molecule has 1 fully saturated rings. The maximum absolute atomic E-state index is 14.6. The summed E-state index contributed by atoms with van der Waals surface area (Å²) >= 11 is 0. The van der Waals surface area contributed by atoms with Crippen LogP contribution in [-0.2, 0) is 6.42 Å². The summed E-state index contributed by atoms with van der Waals surface area (Å²) in [4.78, 5) is 11.0. The van der Waals surface area contributed by atoms with E-state index in [1.807, 2.05) is 30.5 Å².